The molecule has 0 bridgehead atoms. The number of carbonyl (C=O) groups excluding carboxylic acids is 1. The van der Waals surface area contributed by atoms with Crippen LogP contribution in [0.5, 0.6) is 0 Å². The summed E-state index contributed by atoms with van der Waals surface area (Å²) in [4.78, 5) is 27.2. The second-order valence-corrected chi connectivity index (χ2v) is 8.16. The van der Waals surface area contributed by atoms with E-state index in [0.29, 0.717) is 11.4 Å². The SMILES string of the molecule is Cc1ccc2nc(-c3ccc(NC(=O)Cn4nc([N+](=O)[O-])c(Cl)c4C)cc3)sc2c1. The maximum Gasteiger partial charge on any atom is 0.408 e. The summed E-state index contributed by atoms with van der Waals surface area (Å²) >= 11 is 7.52. The minimum atomic E-state index is -0.675. The van der Waals surface area contributed by atoms with Gasteiger partial charge in [0.05, 0.1) is 21.0 Å². The fourth-order valence-electron chi connectivity index (χ4n) is 2.97. The number of nitrogens with one attached hydrogen (secondary N) is 1. The Morgan fingerprint density at radius 1 is 1.23 bits per heavy atom. The molecule has 10 heteroatoms. The molecule has 0 aliphatic rings. The number of nitro groups is 1. The lowest BCUT2D eigenvalue weighted by atomic mass is 10.2. The third kappa shape index (κ3) is 3.89. The molecule has 8 nitrogen and oxygen atoms in total. The summed E-state index contributed by atoms with van der Waals surface area (Å²) in [5.41, 5.74) is 4.07. The van der Waals surface area contributed by atoms with Crippen molar-refractivity contribution in [2.75, 3.05) is 5.32 Å². The van der Waals surface area contributed by atoms with Crippen molar-refractivity contribution in [1.82, 2.24) is 14.8 Å². The molecule has 4 aromatic rings. The molecule has 2 aromatic carbocycles. The van der Waals surface area contributed by atoms with Crippen LogP contribution in [0.25, 0.3) is 20.8 Å². The van der Waals surface area contributed by atoms with Crippen LogP contribution in [0.2, 0.25) is 5.02 Å². The van der Waals surface area contributed by atoms with Gasteiger partial charge in [0.25, 0.3) is 0 Å². The molecular formula is C20H16ClN5O3S. The highest BCUT2D eigenvalue weighted by Crippen LogP contribution is 2.31. The molecular weight excluding hydrogens is 426 g/mol. The molecule has 0 saturated carbocycles. The number of hydrogen-bond acceptors (Lipinski definition) is 6. The van der Waals surface area contributed by atoms with Crippen LogP contribution in [0.15, 0.2) is 42.5 Å². The third-order valence-electron chi connectivity index (χ3n) is 4.54. The maximum atomic E-state index is 12.3. The Morgan fingerprint density at radius 2 is 1.97 bits per heavy atom. The molecule has 0 aliphatic heterocycles. The molecule has 1 amide bonds. The topological polar surface area (TPSA) is 103 Å². The van der Waals surface area contributed by atoms with E-state index in [1.165, 1.54) is 10.2 Å². The van der Waals surface area contributed by atoms with Crippen molar-refractivity contribution >= 4 is 50.6 Å². The number of aryl methyl sites for hydroxylation is 1. The molecule has 4 rings (SSSR count). The Morgan fingerprint density at radius 3 is 2.63 bits per heavy atom. The van der Waals surface area contributed by atoms with Gasteiger partial charge in [0, 0.05) is 11.3 Å². The summed E-state index contributed by atoms with van der Waals surface area (Å²) in [7, 11) is 0. The summed E-state index contributed by atoms with van der Waals surface area (Å²) in [6.45, 7) is 3.44. The van der Waals surface area contributed by atoms with Gasteiger partial charge in [-0.1, -0.05) is 17.7 Å². The van der Waals surface area contributed by atoms with E-state index in [1.54, 1.807) is 30.4 Å². The first-order valence-electron chi connectivity index (χ1n) is 8.96. The van der Waals surface area contributed by atoms with Gasteiger partial charge < -0.3 is 15.4 Å². The highest BCUT2D eigenvalue weighted by Gasteiger charge is 2.25. The van der Waals surface area contributed by atoms with E-state index < -0.39 is 10.7 Å². The monoisotopic (exact) mass is 441 g/mol. The lowest BCUT2D eigenvalue weighted by Gasteiger charge is -2.05. The van der Waals surface area contributed by atoms with Gasteiger partial charge in [0.2, 0.25) is 5.91 Å². The van der Waals surface area contributed by atoms with E-state index in [-0.39, 0.29) is 17.5 Å². The molecule has 2 heterocycles. The van der Waals surface area contributed by atoms with Gasteiger partial charge in [-0.25, -0.2) is 4.98 Å². The molecule has 30 heavy (non-hydrogen) atoms. The quantitative estimate of drug-likeness (QED) is 0.347. The Labute approximate surface area is 180 Å². The Hall–Kier alpha value is -3.30. The minimum Gasteiger partial charge on any atom is -0.358 e. The van der Waals surface area contributed by atoms with Crippen LogP contribution in [0.1, 0.15) is 11.3 Å². The minimum absolute atomic E-state index is 0.0665. The van der Waals surface area contributed by atoms with Crippen LogP contribution in [0, 0.1) is 24.0 Å². The normalized spacial score (nSPS) is 11.0. The van der Waals surface area contributed by atoms with Crippen LogP contribution in [-0.2, 0) is 11.3 Å². The van der Waals surface area contributed by atoms with Crippen LogP contribution >= 0.6 is 22.9 Å². The highest BCUT2D eigenvalue weighted by molar-refractivity contribution is 7.21. The second-order valence-electron chi connectivity index (χ2n) is 6.75. The van der Waals surface area contributed by atoms with Crippen LogP contribution in [0.4, 0.5) is 11.5 Å². The molecule has 0 unspecified atom stereocenters. The summed E-state index contributed by atoms with van der Waals surface area (Å²) in [6.07, 6.45) is 0. The molecule has 0 fully saturated rings. The zero-order valence-electron chi connectivity index (χ0n) is 16.0. The summed E-state index contributed by atoms with van der Waals surface area (Å²) < 4.78 is 2.34. The van der Waals surface area contributed by atoms with E-state index in [1.807, 2.05) is 31.2 Å². The predicted octanol–water partition coefficient (Wildman–Crippen LogP) is 4.98. The number of aromatic nitrogens is 3. The number of hydrogen-bond donors (Lipinski definition) is 1. The van der Waals surface area contributed by atoms with E-state index >= 15 is 0 Å². The summed E-state index contributed by atoms with van der Waals surface area (Å²) in [5.74, 6) is -0.826. The number of halogens is 1. The van der Waals surface area contributed by atoms with Crippen molar-refractivity contribution in [2.45, 2.75) is 20.4 Å². The Bertz CT molecular complexity index is 1280. The lowest BCUT2D eigenvalue weighted by molar-refractivity contribution is -0.389. The Balaban J connectivity index is 1.47. The van der Waals surface area contributed by atoms with Gasteiger partial charge >= 0.3 is 5.82 Å². The van der Waals surface area contributed by atoms with Gasteiger partial charge in [0.1, 0.15) is 11.6 Å². The zero-order chi connectivity index (χ0) is 21.4. The number of fused-ring (bicyclic) bond motifs is 1. The van der Waals surface area contributed by atoms with Crippen molar-refractivity contribution in [2.24, 2.45) is 0 Å². The Kier molecular flexibility index (Phi) is 5.23. The number of thiazole rings is 1. The van der Waals surface area contributed by atoms with Crippen LogP contribution in [0.3, 0.4) is 0 Å². The molecule has 0 atom stereocenters. The third-order valence-corrected chi connectivity index (χ3v) is 6.05. The van der Waals surface area contributed by atoms with Crippen molar-refractivity contribution < 1.29 is 9.72 Å². The molecule has 0 radical (unpaired) electrons. The molecule has 1 N–H and O–H groups in total. The van der Waals surface area contributed by atoms with Gasteiger partial charge in [-0.05, 0) is 60.7 Å². The van der Waals surface area contributed by atoms with Gasteiger partial charge in [-0.15, -0.1) is 11.3 Å². The van der Waals surface area contributed by atoms with E-state index in [9.17, 15) is 14.9 Å². The van der Waals surface area contributed by atoms with Gasteiger partial charge in [-0.2, -0.15) is 4.68 Å². The number of anilines is 1. The number of rotatable bonds is 5. The fraction of sp³-hybridized carbons (Fsp3) is 0.150. The van der Waals surface area contributed by atoms with Crippen molar-refractivity contribution in [1.29, 1.82) is 0 Å². The van der Waals surface area contributed by atoms with Gasteiger partial charge in [0.15, 0.2) is 5.02 Å². The standard InChI is InChI=1S/C20H16ClN5O3S/c1-11-3-8-15-16(9-11)30-20(23-15)13-4-6-14(7-5-13)22-17(27)10-25-12(2)18(21)19(24-25)26(28)29/h3-9H,10H2,1-2H3,(H,22,27). The summed E-state index contributed by atoms with van der Waals surface area (Å²) in [5, 5.41) is 18.3. The second kappa shape index (κ2) is 7.85. The van der Waals surface area contributed by atoms with Crippen LogP contribution in [-0.4, -0.2) is 25.6 Å². The average Bonchev–Trinajstić information content (AvgIpc) is 3.24. The molecule has 0 saturated heterocycles. The number of amides is 1. The first-order valence-corrected chi connectivity index (χ1v) is 10.2. The molecule has 152 valence electrons. The first kappa shape index (κ1) is 20.0. The number of carbonyl (C=O) groups is 1. The average molecular weight is 442 g/mol. The molecule has 0 aliphatic carbocycles. The fourth-order valence-corrected chi connectivity index (χ4v) is 4.24. The van der Waals surface area contributed by atoms with E-state index in [4.69, 9.17) is 11.6 Å². The van der Waals surface area contributed by atoms with Crippen LogP contribution < -0.4 is 5.32 Å². The van der Waals surface area contributed by atoms with E-state index in [2.05, 4.69) is 21.5 Å². The van der Waals surface area contributed by atoms with Gasteiger partial charge in [-0.3, -0.25) is 4.79 Å². The number of benzene rings is 2. The maximum absolute atomic E-state index is 12.3. The zero-order valence-corrected chi connectivity index (χ0v) is 17.6. The van der Waals surface area contributed by atoms with Crippen molar-refractivity contribution in [3.05, 3.63) is 68.9 Å². The first-order chi connectivity index (χ1) is 14.3. The summed E-state index contributed by atoms with van der Waals surface area (Å²) in [6, 6.07) is 13.5. The lowest BCUT2D eigenvalue weighted by Crippen LogP contribution is -2.20. The van der Waals surface area contributed by atoms with E-state index in [0.717, 1.165) is 20.8 Å². The number of nitrogens with zero attached hydrogens (tertiary/aromatic N) is 4. The molecule has 0 spiro atoms. The highest BCUT2D eigenvalue weighted by atomic mass is 35.5. The predicted molar refractivity (Wildman–Crippen MR) is 117 cm³/mol. The van der Waals surface area contributed by atoms with Crippen molar-refractivity contribution in [3.8, 4) is 10.6 Å². The van der Waals surface area contributed by atoms with Crippen molar-refractivity contribution in [3.63, 3.8) is 0 Å². The smallest absolute Gasteiger partial charge is 0.358 e. The molecule has 2 aromatic heterocycles. The largest absolute Gasteiger partial charge is 0.408 e.